The molecule has 1 N–H and O–H groups in total. The second kappa shape index (κ2) is 4.07. The van der Waals surface area contributed by atoms with Crippen LogP contribution in [0.3, 0.4) is 0 Å². The van der Waals surface area contributed by atoms with Crippen LogP contribution in [-0.2, 0) is 4.74 Å². The topological polar surface area (TPSA) is 29.5 Å². The van der Waals surface area contributed by atoms with Gasteiger partial charge in [0.1, 0.15) is 5.82 Å². The largest absolute Gasteiger partial charge is 0.388 e. The van der Waals surface area contributed by atoms with Crippen molar-refractivity contribution in [3.05, 3.63) is 35.1 Å². The number of benzene rings is 1. The first-order valence-corrected chi connectivity index (χ1v) is 6.24. The van der Waals surface area contributed by atoms with E-state index in [2.05, 4.69) is 0 Å². The molecule has 4 atom stereocenters. The summed E-state index contributed by atoms with van der Waals surface area (Å²) in [4.78, 5) is 0. The van der Waals surface area contributed by atoms with Gasteiger partial charge in [0, 0.05) is 5.92 Å². The third-order valence-corrected chi connectivity index (χ3v) is 4.10. The fraction of sp³-hybridized carbons (Fsp3) is 0.571. The third-order valence-electron chi connectivity index (χ3n) is 4.10. The minimum Gasteiger partial charge on any atom is -0.388 e. The Balaban J connectivity index is 1.81. The van der Waals surface area contributed by atoms with Crippen molar-refractivity contribution in [2.45, 2.75) is 44.5 Å². The SMILES string of the molecule is Cc1ccc(C(O)C2CC3CCC2O3)cc1F. The number of aliphatic hydroxyl groups excluding tert-OH is 1. The summed E-state index contributed by atoms with van der Waals surface area (Å²) in [6.07, 6.45) is 2.92. The van der Waals surface area contributed by atoms with Gasteiger partial charge in [-0.25, -0.2) is 4.39 Å². The van der Waals surface area contributed by atoms with Gasteiger partial charge >= 0.3 is 0 Å². The van der Waals surface area contributed by atoms with E-state index >= 15 is 0 Å². The van der Waals surface area contributed by atoms with Crippen LogP contribution in [0.5, 0.6) is 0 Å². The van der Waals surface area contributed by atoms with Gasteiger partial charge in [-0.2, -0.15) is 0 Å². The lowest BCUT2D eigenvalue weighted by Crippen LogP contribution is -2.23. The molecule has 1 aromatic rings. The average Bonchev–Trinajstić information content (AvgIpc) is 2.93. The third kappa shape index (κ3) is 1.87. The molecule has 92 valence electrons. The van der Waals surface area contributed by atoms with E-state index in [1.807, 2.05) is 6.07 Å². The highest BCUT2D eigenvalue weighted by atomic mass is 19.1. The van der Waals surface area contributed by atoms with Crippen molar-refractivity contribution in [2.75, 3.05) is 0 Å². The number of rotatable bonds is 2. The summed E-state index contributed by atoms with van der Waals surface area (Å²) in [6.45, 7) is 1.73. The second-order valence-corrected chi connectivity index (χ2v) is 5.23. The van der Waals surface area contributed by atoms with E-state index in [1.165, 1.54) is 6.07 Å². The Labute approximate surface area is 100 Å². The van der Waals surface area contributed by atoms with Crippen LogP contribution in [0, 0.1) is 18.7 Å². The number of ether oxygens (including phenoxy) is 1. The van der Waals surface area contributed by atoms with Crippen molar-refractivity contribution in [1.29, 1.82) is 0 Å². The van der Waals surface area contributed by atoms with Gasteiger partial charge in [-0.15, -0.1) is 0 Å². The maximum atomic E-state index is 13.5. The molecule has 3 rings (SSSR count). The predicted octanol–water partition coefficient (Wildman–Crippen LogP) is 2.74. The summed E-state index contributed by atoms with van der Waals surface area (Å²) in [5.74, 6) is -0.110. The molecule has 0 amide bonds. The lowest BCUT2D eigenvalue weighted by atomic mass is 9.82. The van der Waals surface area contributed by atoms with E-state index in [-0.39, 0.29) is 17.8 Å². The zero-order valence-electron chi connectivity index (χ0n) is 9.90. The minimum absolute atomic E-state index is 0.135. The van der Waals surface area contributed by atoms with Crippen molar-refractivity contribution < 1.29 is 14.2 Å². The maximum Gasteiger partial charge on any atom is 0.126 e. The molecule has 1 aromatic carbocycles. The minimum atomic E-state index is -0.597. The number of halogens is 1. The smallest absolute Gasteiger partial charge is 0.126 e. The molecule has 17 heavy (non-hydrogen) atoms. The van der Waals surface area contributed by atoms with Gasteiger partial charge in [0.05, 0.1) is 18.3 Å². The van der Waals surface area contributed by atoms with Crippen LogP contribution < -0.4 is 0 Å². The lowest BCUT2D eigenvalue weighted by molar-refractivity contribution is 0.0421. The summed E-state index contributed by atoms with van der Waals surface area (Å²) in [6, 6.07) is 4.99. The van der Waals surface area contributed by atoms with Crippen LogP contribution in [0.25, 0.3) is 0 Å². The highest BCUT2D eigenvalue weighted by Crippen LogP contribution is 2.44. The Hall–Kier alpha value is -0.930. The second-order valence-electron chi connectivity index (χ2n) is 5.23. The molecule has 2 nitrogen and oxygen atoms in total. The van der Waals surface area contributed by atoms with Gasteiger partial charge in [0.25, 0.3) is 0 Å². The number of hydrogen-bond acceptors (Lipinski definition) is 2. The van der Waals surface area contributed by atoms with Crippen LogP contribution in [0.2, 0.25) is 0 Å². The maximum absolute atomic E-state index is 13.5. The van der Waals surface area contributed by atoms with E-state index in [0.717, 1.165) is 19.3 Å². The van der Waals surface area contributed by atoms with Gasteiger partial charge in [-0.1, -0.05) is 12.1 Å². The van der Waals surface area contributed by atoms with Crippen molar-refractivity contribution in [3.8, 4) is 0 Å². The molecule has 2 bridgehead atoms. The Morgan fingerprint density at radius 2 is 2.24 bits per heavy atom. The Morgan fingerprint density at radius 3 is 2.82 bits per heavy atom. The predicted molar refractivity (Wildman–Crippen MR) is 62.1 cm³/mol. The van der Waals surface area contributed by atoms with Crippen LogP contribution in [-0.4, -0.2) is 17.3 Å². The highest BCUT2D eigenvalue weighted by Gasteiger charge is 2.44. The van der Waals surface area contributed by atoms with E-state index in [0.29, 0.717) is 17.2 Å². The van der Waals surface area contributed by atoms with Crippen molar-refractivity contribution in [1.82, 2.24) is 0 Å². The van der Waals surface area contributed by atoms with Gasteiger partial charge in [-0.05, 0) is 43.4 Å². The van der Waals surface area contributed by atoms with E-state index in [1.54, 1.807) is 13.0 Å². The standard InChI is InChI=1S/C14H17FO2/c1-8-2-3-9(6-12(8)15)14(16)11-7-10-4-5-13(11)17-10/h2-3,6,10-11,13-14,16H,4-5,7H2,1H3. The summed E-state index contributed by atoms with van der Waals surface area (Å²) in [5, 5.41) is 10.3. The molecular weight excluding hydrogens is 219 g/mol. The van der Waals surface area contributed by atoms with Gasteiger partial charge < -0.3 is 9.84 Å². The zero-order valence-corrected chi connectivity index (χ0v) is 9.90. The van der Waals surface area contributed by atoms with Crippen LogP contribution in [0.1, 0.15) is 36.5 Å². The van der Waals surface area contributed by atoms with Gasteiger partial charge in [0.2, 0.25) is 0 Å². The number of fused-ring (bicyclic) bond motifs is 2. The quantitative estimate of drug-likeness (QED) is 0.855. The molecule has 2 heterocycles. The van der Waals surface area contributed by atoms with Crippen molar-refractivity contribution in [2.24, 2.45) is 5.92 Å². The normalized spacial score (nSPS) is 33.0. The van der Waals surface area contributed by atoms with Crippen LogP contribution >= 0.6 is 0 Å². The Kier molecular flexibility index (Phi) is 2.68. The first kappa shape index (κ1) is 11.2. The molecule has 0 saturated carbocycles. The van der Waals surface area contributed by atoms with Crippen LogP contribution in [0.15, 0.2) is 18.2 Å². The molecule has 3 heteroatoms. The molecule has 0 aliphatic carbocycles. The van der Waals surface area contributed by atoms with Crippen LogP contribution in [0.4, 0.5) is 4.39 Å². The summed E-state index contributed by atoms with van der Waals surface area (Å²) in [5.41, 5.74) is 1.29. The molecule has 0 spiro atoms. The van der Waals surface area contributed by atoms with E-state index in [4.69, 9.17) is 4.74 Å². The highest BCUT2D eigenvalue weighted by molar-refractivity contribution is 5.26. The fourth-order valence-corrected chi connectivity index (χ4v) is 3.05. The number of hydrogen-bond donors (Lipinski definition) is 1. The first-order chi connectivity index (χ1) is 8.15. The lowest BCUT2D eigenvalue weighted by Gasteiger charge is -2.24. The van der Waals surface area contributed by atoms with Gasteiger partial charge in [-0.3, -0.25) is 0 Å². The van der Waals surface area contributed by atoms with Crippen molar-refractivity contribution in [3.63, 3.8) is 0 Å². The fourth-order valence-electron chi connectivity index (χ4n) is 3.05. The summed E-state index contributed by atoms with van der Waals surface area (Å²) >= 11 is 0. The molecule has 4 unspecified atom stereocenters. The molecule has 0 aromatic heterocycles. The molecular formula is C14H17FO2. The first-order valence-electron chi connectivity index (χ1n) is 6.24. The average molecular weight is 236 g/mol. The summed E-state index contributed by atoms with van der Waals surface area (Å²) < 4.78 is 19.2. The molecule has 2 aliphatic heterocycles. The van der Waals surface area contributed by atoms with Gasteiger partial charge in [0.15, 0.2) is 0 Å². The molecule has 2 saturated heterocycles. The van der Waals surface area contributed by atoms with Crippen molar-refractivity contribution >= 4 is 0 Å². The summed E-state index contributed by atoms with van der Waals surface area (Å²) in [7, 11) is 0. The Morgan fingerprint density at radius 1 is 1.41 bits per heavy atom. The zero-order chi connectivity index (χ0) is 12.0. The monoisotopic (exact) mass is 236 g/mol. The Bertz CT molecular complexity index is 432. The van der Waals surface area contributed by atoms with E-state index in [9.17, 15) is 9.50 Å². The number of aliphatic hydroxyl groups is 1. The molecule has 2 aliphatic rings. The molecule has 0 radical (unpaired) electrons. The van der Waals surface area contributed by atoms with E-state index < -0.39 is 6.10 Å². The molecule has 2 fully saturated rings. The number of aryl methyl sites for hydroxylation is 1.